The minimum Gasteiger partial charge on any atom is -0.497 e. The second-order valence-electron chi connectivity index (χ2n) is 13.1. The Bertz CT molecular complexity index is 2170. The van der Waals surface area contributed by atoms with Gasteiger partial charge in [-0.15, -0.1) is 0 Å². The van der Waals surface area contributed by atoms with Crippen molar-refractivity contribution in [1.29, 1.82) is 0 Å². The molecule has 7 N–H and O–H groups in total. The topological polar surface area (TPSA) is 154 Å². The van der Waals surface area contributed by atoms with Gasteiger partial charge in [0, 0.05) is 46.2 Å². The number of unbranched alkanes of at least 4 members (excludes halogenated alkanes) is 2. The van der Waals surface area contributed by atoms with Crippen LogP contribution < -0.4 is 26.4 Å². The maximum absolute atomic E-state index is 13.8. The van der Waals surface area contributed by atoms with Crippen LogP contribution in [0.4, 0.5) is 11.4 Å². The highest BCUT2D eigenvalue weighted by molar-refractivity contribution is 5.95. The number of amides is 3. The smallest absolute Gasteiger partial charge is 0.242 e. The molecule has 0 bridgehead atoms. The van der Waals surface area contributed by atoms with E-state index in [4.69, 9.17) is 10.5 Å². The molecule has 0 aliphatic carbocycles. The summed E-state index contributed by atoms with van der Waals surface area (Å²) in [4.78, 5) is 46.8. The second kappa shape index (κ2) is 16.8. The number of carbonyl (C=O) groups excluding carboxylic acids is 3. The van der Waals surface area contributed by atoms with E-state index >= 15 is 0 Å². The molecule has 2 aromatic heterocycles. The summed E-state index contributed by atoms with van der Waals surface area (Å²) in [7, 11) is 1.61. The van der Waals surface area contributed by atoms with Crippen LogP contribution in [0.1, 0.15) is 48.9 Å². The Morgan fingerprint density at radius 3 is 2.35 bits per heavy atom. The van der Waals surface area contributed by atoms with Gasteiger partial charge in [0.15, 0.2) is 0 Å². The van der Waals surface area contributed by atoms with Crippen molar-refractivity contribution >= 4 is 50.9 Å². The zero-order chi connectivity index (χ0) is 36.5. The Kier molecular flexibility index (Phi) is 11.6. The van der Waals surface area contributed by atoms with Gasteiger partial charge in [0.2, 0.25) is 17.7 Å². The molecule has 6 aromatic rings. The number of fused-ring (bicyclic) bond motifs is 2. The minimum absolute atomic E-state index is 0.112. The number of carbonyl (C=O) groups is 3. The number of nitrogens with one attached hydrogen (secondary N) is 5. The first-order valence-corrected chi connectivity index (χ1v) is 17.8. The number of hydrogen-bond donors (Lipinski definition) is 6. The maximum atomic E-state index is 13.8. The van der Waals surface area contributed by atoms with Gasteiger partial charge in [-0.2, -0.15) is 0 Å². The summed E-state index contributed by atoms with van der Waals surface area (Å²) in [6.07, 6.45) is 3.50. The fourth-order valence-electron chi connectivity index (χ4n) is 6.77. The number of para-hydroxylation sites is 3. The van der Waals surface area contributed by atoms with E-state index in [1.54, 1.807) is 19.2 Å². The molecule has 0 saturated carbocycles. The molecule has 10 heteroatoms. The van der Waals surface area contributed by atoms with Gasteiger partial charge in [0.05, 0.1) is 24.9 Å². The predicted octanol–water partition coefficient (Wildman–Crippen LogP) is 7.19. The molecule has 0 aliphatic heterocycles. The number of nitrogen functional groups attached to an aromatic ring is 1. The molecular weight excluding hydrogens is 652 g/mol. The lowest BCUT2D eigenvalue weighted by Crippen LogP contribution is -2.47. The molecule has 0 spiro atoms. The minimum atomic E-state index is -0.734. The molecule has 0 aliphatic rings. The molecule has 0 fully saturated rings. The number of benzene rings is 4. The van der Waals surface area contributed by atoms with Crippen LogP contribution in [0.2, 0.25) is 0 Å². The lowest BCUT2D eigenvalue weighted by Gasteiger charge is -2.19. The molecule has 10 nitrogen and oxygen atoms in total. The van der Waals surface area contributed by atoms with Crippen molar-refractivity contribution in [2.45, 2.75) is 57.9 Å². The van der Waals surface area contributed by atoms with Crippen LogP contribution in [0.25, 0.3) is 33.1 Å². The molecule has 268 valence electrons. The average molecular weight is 699 g/mol. The van der Waals surface area contributed by atoms with Gasteiger partial charge in [-0.05, 0) is 79.3 Å². The molecular formula is C42H46N6O4. The monoisotopic (exact) mass is 698 g/mol. The summed E-state index contributed by atoms with van der Waals surface area (Å²) in [5, 5.41) is 11.0. The van der Waals surface area contributed by atoms with Gasteiger partial charge < -0.3 is 36.4 Å². The first-order chi connectivity index (χ1) is 25.3. The molecule has 52 heavy (non-hydrogen) atoms. The highest BCUT2D eigenvalue weighted by Gasteiger charge is 2.23. The van der Waals surface area contributed by atoms with Gasteiger partial charge in [-0.3, -0.25) is 14.4 Å². The van der Waals surface area contributed by atoms with Gasteiger partial charge in [-0.1, -0.05) is 73.5 Å². The van der Waals surface area contributed by atoms with Crippen LogP contribution in [-0.4, -0.2) is 47.4 Å². The summed E-state index contributed by atoms with van der Waals surface area (Å²) >= 11 is 0. The third-order valence-corrected chi connectivity index (χ3v) is 9.50. The van der Waals surface area contributed by atoms with Crippen molar-refractivity contribution in [2.24, 2.45) is 0 Å². The van der Waals surface area contributed by atoms with Crippen molar-refractivity contribution in [3.05, 3.63) is 114 Å². The fraction of sp³-hybridized carbons (Fsp3) is 0.262. The van der Waals surface area contributed by atoms with Gasteiger partial charge in [0.1, 0.15) is 11.8 Å². The standard InChI is InChI=1S/C42H46N6O4/c1-27-32(33-25-29(52-2)21-22-36(33)45-27)26-40(50)47-38(19-7-4-8-20-39(49)46-37-18-12-10-16-34(37)43)42(51)44-24-23-31-30-15-9-11-17-35(30)48-41(31)28-13-5-3-6-14-28/h3,5-6,9-18,21-22,25,38,45,48H,4,7-8,19-20,23-24,26,43H2,1-2H3,(H,44,51)(H,46,49)(H,47,50)/t38-/m0/s1. The first kappa shape index (κ1) is 35.8. The van der Waals surface area contributed by atoms with Crippen LogP contribution in [0, 0.1) is 6.92 Å². The van der Waals surface area contributed by atoms with E-state index in [1.807, 2.05) is 67.6 Å². The number of anilines is 2. The average Bonchev–Trinajstić information content (AvgIpc) is 3.68. The predicted molar refractivity (Wildman–Crippen MR) is 208 cm³/mol. The van der Waals surface area contributed by atoms with Gasteiger partial charge >= 0.3 is 0 Å². The Labute approximate surface area is 303 Å². The highest BCUT2D eigenvalue weighted by atomic mass is 16.5. The quantitative estimate of drug-likeness (QED) is 0.0467. The Balaban J connectivity index is 1.11. The van der Waals surface area contributed by atoms with Crippen molar-refractivity contribution in [1.82, 2.24) is 20.6 Å². The maximum Gasteiger partial charge on any atom is 0.242 e. The number of methoxy groups -OCH3 is 1. The Morgan fingerprint density at radius 1 is 0.788 bits per heavy atom. The molecule has 2 heterocycles. The summed E-state index contributed by atoms with van der Waals surface area (Å²) in [6, 6.07) is 30.5. The van der Waals surface area contributed by atoms with Crippen LogP contribution in [-0.2, 0) is 27.2 Å². The third kappa shape index (κ3) is 8.63. The summed E-state index contributed by atoms with van der Waals surface area (Å²) in [6.45, 7) is 2.34. The van der Waals surface area contributed by atoms with E-state index in [-0.39, 0.29) is 24.1 Å². The lowest BCUT2D eigenvalue weighted by molar-refractivity contribution is -0.128. The van der Waals surface area contributed by atoms with E-state index in [0.29, 0.717) is 62.2 Å². The number of H-pyrrole nitrogens is 2. The van der Waals surface area contributed by atoms with E-state index in [0.717, 1.165) is 49.9 Å². The zero-order valence-corrected chi connectivity index (χ0v) is 29.7. The number of aryl methyl sites for hydroxylation is 1. The Hall–Kier alpha value is -6.03. The van der Waals surface area contributed by atoms with Gasteiger partial charge in [-0.25, -0.2) is 0 Å². The number of hydrogen-bond acceptors (Lipinski definition) is 5. The number of ether oxygens (including phenoxy) is 1. The van der Waals surface area contributed by atoms with Crippen LogP contribution >= 0.6 is 0 Å². The number of aromatic nitrogens is 2. The van der Waals surface area contributed by atoms with Crippen molar-refractivity contribution in [2.75, 3.05) is 24.7 Å². The van der Waals surface area contributed by atoms with E-state index in [2.05, 4.69) is 50.2 Å². The van der Waals surface area contributed by atoms with Crippen molar-refractivity contribution in [3.63, 3.8) is 0 Å². The zero-order valence-electron chi connectivity index (χ0n) is 29.7. The number of rotatable bonds is 16. The van der Waals surface area contributed by atoms with Crippen LogP contribution in [0.15, 0.2) is 97.1 Å². The van der Waals surface area contributed by atoms with Gasteiger partial charge in [0.25, 0.3) is 0 Å². The number of aromatic amines is 2. The highest BCUT2D eigenvalue weighted by Crippen LogP contribution is 2.31. The summed E-state index contributed by atoms with van der Waals surface area (Å²) < 4.78 is 5.42. The molecule has 0 radical (unpaired) electrons. The van der Waals surface area contributed by atoms with Crippen molar-refractivity contribution < 1.29 is 19.1 Å². The van der Waals surface area contributed by atoms with Crippen molar-refractivity contribution in [3.8, 4) is 17.0 Å². The third-order valence-electron chi connectivity index (χ3n) is 9.50. The molecule has 1 atom stereocenters. The SMILES string of the molecule is COc1ccc2[nH]c(C)c(CC(=O)N[C@@H](CCCCCC(=O)Nc3ccccc3N)C(=O)NCCc3c(-c4ccccc4)[nH]c4ccccc34)c2c1. The molecule has 3 amide bonds. The first-order valence-electron chi connectivity index (χ1n) is 17.8. The fourth-order valence-corrected chi connectivity index (χ4v) is 6.77. The molecule has 4 aromatic carbocycles. The Morgan fingerprint density at radius 2 is 1.54 bits per heavy atom. The molecule has 6 rings (SSSR count). The van der Waals surface area contributed by atoms with E-state index in [9.17, 15) is 14.4 Å². The van der Waals surface area contributed by atoms with E-state index < -0.39 is 6.04 Å². The summed E-state index contributed by atoms with van der Waals surface area (Å²) in [5.74, 6) is 0.120. The normalized spacial score (nSPS) is 11.7. The largest absolute Gasteiger partial charge is 0.497 e. The molecule has 0 saturated heterocycles. The van der Waals surface area contributed by atoms with Crippen LogP contribution in [0.3, 0.4) is 0 Å². The second-order valence-corrected chi connectivity index (χ2v) is 13.1. The lowest BCUT2D eigenvalue weighted by atomic mass is 10.0. The summed E-state index contributed by atoms with van der Waals surface area (Å²) in [5.41, 5.74) is 14.0. The van der Waals surface area contributed by atoms with E-state index in [1.165, 1.54) is 0 Å². The van der Waals surface area contributed by atoms with Crippen LogP contribution in [0.5, 0.6) is 5.75 Å². The molecule has 0 unspecified atom stereocenters. The number of nitrogens with two attached hydrogens (primary N) is 1.